The Morgan fingerprint density at radius 1 is 1.36 bits per heavy atom. The average Bonchev–Trinajstić information content (AvgIpc) is 3.01. The molecule has 1 atom stereocenters. The largest absolute Gasteiger partial charge is 0.464 e. The van der Waals surface area contributed by atoms with Crippen LogP contribution in [0, 0.1) is 0 Å². The number of hydrogen-bond donors (Lipinski definition) is 0. The number of imidazole rings is 1. The van der Waals surface area contributed by atoms with Crippen LogP contribution in [-0.4, -0.2) is 28.2 Å². The summed E-state index contributed by atoms with van der Waals surface area (Å²) in [5.41, 5.74) is 3.43. The fourth-order valence-electron chi connectivity index (χ4n) is 2.90. The Morgan fingerprint density at radius 2 is 2.04 bits per heavy atom. The molecule has 0 aliphatic carbocycles. The number of fused-ring (bicyclic) bond motifs is 1. The van der Waals surface area contributed by atoms with Gasteiger partial charge in [0.15, 0.2) is 0 Å². The lowest BCUT2D eigenvalue weighted by Gasteiger charge is -2.33. The van der Waals surface area contributed by atoms with Gasteiger partial charge in [0.1, 0.15) is 6.04 Å². The number of carbonyl (C=O) groups is 1. The Balaban J connectivity index is 2.03. The maximum Gasteiger partial charge on any atom is 0.328 e. The first-order valence-corrected chi connectivity index (χ1v) is 8.49. The molecule has 0 saturated heterocycles. The minimum atomic E-state index is -0.483. The van der Waals surface area contributed by atoms with Crippen LogP contribution in [0.2, 0.25) is 5.02 Å². The van der Waals surface area contributed by atoms with Gasteiger partial charge in [-0.2, -0.15) is 0 Å². The fraction of sp³-hybridized carbons (Fsp3) is 0.263. The molecule has 0 amide bonds. The summed E-state index contributed by atoms with van der Waals surface area (Å²) in [6.45, 7) is 9.97. The Kier molecular flexibility index (Phi) is 4.68. The molecular formula is C19H20ClN3O2. The molecule has 1 aliphatic rings. The molecule has 0 radical (unpaired) electrons. The van der Waals surface area contributed by atoms with Crippen molar-refractivity contribution in [2.75, 3.05) is 11.5 Å². The number of anilines is 1. The number of nitrogens with zero attached hydrogens (tertiary/aromatic N) is 3. The van der Waals surface area contributed by atoms with Crippen molar-refractivity contribution in [1.29, 1.82) is 0 Å². The molecule has 25 heavy (non-hydrogen) atoms. The van der Waals surface area contributed by atoms with E-state index in [0.717, 1.165) is 22.7 Å². The van der Waals surface area contributed by atoms with Crippen molar-refractivity contribution in [3.8, 4) is 11.3 Å². The lowest BCUT2D eigenvalue weighted by atomic mass is 10.2. The van der Waals surface area contributed by atoms with Gasteiger partial charge in [-0.1, -0.05) is 30.3 Å². The van der Waals surface area contributed by atoms with Crippen LogP contribution < -0.4 is 4.90 Å². The Bertz CT molecular complexity index is 852. The molecule has 1 unspecified atom stereocenters. The van der Waals surface area contributed by atoms with Crippen molar-refractivity contribution in [2.24, 2.45) is 0 Å². The van der Waals surface area contributed by atoms with E-state index in [1.165, 1.54) is 0 Å². The summed E-state index contributed by atoms with van der Waals surface area (Å²) in [4.78, 5) is 18.8. The van der Waals surface area contributed by atoms with Gasteiger partial charge >= 0.3 is 5.97 Å². The lowest BCUT2D eigenvalue weighted by Crippen LogP contribution is -2.41. The van der Waals surface area contributed by atoms with Crippen LogP contribution in [0.15, 0.2) is 48.8 Å². The number of benzene rings is 1. The molecule has 130 valence electrons. The van der Waals surface area contributed by atoms with Crippen molar-refractivity contribution in [3.05, 3.63) is 53.8 Å². The molecule has 1 aliphatic heterocycles. The van der Waals surface area contributed by atoms with Crippen molar-refractivity contribution in [1.82, 2.24) is 9.55 Å². The number of allylic oxidation sites excluding steroid dienone is 3. The summed E-state index contributed by atoms with van der Waals surface area (Å²) < 4.78 is 7.05. The Morgan fingerprint density at radius 3 is 2.68 bits per heavy atom. The molecule has 0 fully saturated rings. The SMILES string of the molecule is C=C1C=C(C)N(C(C)C(=O)OCC)c2nc(-c3ccc(Cl)cc3)cn21. The van der Waals surface area contributed by atoms with Crippen LogP contribution in [0.3, 0.4) is 0 Å². The van der Waals surface area contributed by atoms with Crippen LogP contribution in [0.4, 0.5) is 5.95 Å². The fourth-order valence-corrected chi connectivity index (χ4v) is 3.02. The van der Waals surface area contributed by atoms with E-state index in [0.29, 0.717) is 17.6 Å². The summed E-state index contributed by atoms with van der Waals surface area (Å²) in [5.74, 6) is 0.362. The average molecular weight is 358 g/mol. The number of esters is 1. The second-order valence-electron chi connectivity index (χ2n) is 5.88. The zero-order valence-electron chi connectivity index (χ0n) is 14.5. The highest BCUT2D eigenvalue weighted by Gasteiger charge is 2.31. The Hall–Kier alpha value is -2.53. The lowest BCUT2D eigenvalue weighted by molar-refractivity contribution is -0.144. The maximum atomic E-state index is 12.2. The first kappa shape index (κ1) is 17.3. The van der Waals surface area contributed by atoms with Gasteiger partial charge in [0, 0.05) is 28.2 Å². The zero-order valence-corrected chi connectivity index (χ0v) is 15.2. The van der Waals surface area contributed by atoms with Gasteiger partial charge in [0.05, 0.1) is 12.3 Å². The second kappa shape index (κ2) is 6.76. The molecule has 1 aromatic heterocycles. The predicted molar refractivity (Wildman–Crippen MR) is 100 cm³/mol. The molecule has 5 nitrogen and oxygen atoms in total. The first-order valence-electron chi connectivity index (χ1n) is 8.11. The van der Waals surface area contributed by atoms with E-state index in [4.69, 9.17) is 21.3 Å². The standard InChI is InChI=1S/C19H20ClN3O2/c1-5-25-18(24)14(4)23-13(3)10-12(2)22-11-17(21-19(22)23)15-6-8-16(20)9-7-15/h6-11,14H,2,5H2,1,3-4H3. The highest BCUT2D eigenvalue weighted by molar-refractivity contribution is 6.30. The van der Waals surface area contributed by atoms with Crippen molar-refractivity contribution >= 4 is 29.2 Å². The third-order valence-corrected chi connectivity index (χ3v) is 4.37. The number of carbonyl (C=O) groups excluding carboxylic acids is 1. The van der Waals surface area contributed by atoms with E-state index in [-0.39, 0.29) is 5.97 Å². The van der Waals surface area contributed by atoms with Gasteiger partial charge in [-0.3, -0.25) is 4.57 Å². The van der Waals surface area contributed by atoms with Crippen molar-refractivity contribution < 1.29 is 9.53 Å². The smallest absolute Gasteiger partial charge is 0.328 e. The molecule has 0 bridgehead atoms. The van der Waals surface area contributed by atoms with Crippen LogP contribution in [0.5, 0.6) is 0 Å². The second-order valence-corrected chi connectivity index (χ2v) is 6.31. The number of rotatable bonds is 4. The maximum absolute atomic E-state index is 12.2. The topological polar surface area (TPSA) is 47.4 Å². The van der Waals surface area contributed by atoms with E-state index in [1.807, 2.05) is 59.9 Å². The Labute approximate surface area is 152 Å². The van der Waals surface area contributed by atoms with Gasteiger partial charge in [0.2, 0.25) is 5.95 Å². The first-order chi connectivity index (χ1) is 11.9. The van der Waals surface area contributed by atoms with E-state index in [9.17, 15) is 4.79 Å². The molecule has 0 N–H and O–H groups in total. The predicted octanol–water partition coefficient (Wildman–Crippen LogP) is 4.35. The molecule has 0 spiro atoms. The normalized spacial score (nSPS) is 14.8. The third kappa shape index (κ3) is 3.20. The number of halogens is 1. The highest BCUT2D eigenvalue weighted by atomic mass is 35.5. The van der Waals surface area contributed by atoms with Crippen LogP contribution in [0.25, 0.3) is 17.0 Å². The molecule has 3 rings (SSSR count). The summed E-state index contributed by atoms with van der Waals surface area (Å²) in [7, 11) is 0. The quantitative estimate of drug-likeness (QED) is 0.763. The highest BCUT2D eigenvalue weighted by Crippen LogP contribution is 2.33. The molecule has 6 heteroatoms. The zero-order chi connectivity index (χ0) is 18.1. The minimum absolute atomic E-state index is 0.287. The molecular weight excluding hydrogens is 338 g/mol. The summed E-state index contributed by atoms with van der Waals surface area (Å²) >= 11 is 5.96. The number of hydrogen-bond acceptors (Lipinski definition) is 4. The van der Waals surface area contributed by atoms with Gasteiger partial charge in [0.25, 0.3) is 0 Å². The van der Waals surface area contributed by atoms with Crippen LogP contribution in [0.1, 0.15) is 20.8 Å². The van der Waals surface area contributed by atoms with E-state index in [2.05, 4.69) is 6.58 Å². The van der Waals surface area contributed by atoms with E-state index < -0.39 is 6.04 Å². The third-order valence-electron chi connectivity index (χ3n) is 4.12. The number of aromatic nitrogens is 2. The van der Waals surface area contributed by atoms with Gasteiger partial charge in [-0.15, -0.1) is 0 Å². The van der Waals surface area contributed by atoms with E-state index in [1.54, 1.807) is 6.92 Å². The minimum Gasteiger partial charge on any atom is -0.464 e. The van der Waals surface area contributed by atoms with Crippen molar-refractivity contribution in [2.45, 2.75) is 26.8 Å². The molecule has 2 heterocycles. The van der Waals surface area contributed by atoms with Crippen LogP contribution in [-0.2, 0) is 9.53 Å². The monoisotopic (exact) mass is 357 g/mol. The van der Waals surface area contributed by atoms with Gasteiger partial charge < -0.3 is 9.64 Å². The molecule has 0 saturated carbocycles. The summed E-state index contributed by atoms with van der Waals surface area (Å²) in [6, 6.07) is 7.00. The summed E-state index contributed by atoms with van der Waals surface area (Å²) in [5, 5.41) is 0.673. The van der Waals surface area contributed by atoms with Crippen molar-refractivity contribution in [3.63, 3.8) is 0 Å². The summed E-state index contributed by atoms with van der Waals surface area (Å²) in [6.07, 6.45) is 3.84. The number of ether oxygens (including phenoxy) is 1. The van der Waals surface area contributed by atoms with Gasteiger partial charge in [-0.25, -0.2) is 9.78 Å². The van der Waals surface area contributed by atoms with Crippen LogP contribution >= 0.6 is 11.6 Å². The van der Waals surface area contributed by atoms with Gasteiger partial charge in [-0.05, 0) is 39.0 Å². The molecule has 1 aromatic carbocycles. The van der Waals surface area contributed by atoms with E-state index >= 15 is 0 Å². The molecule has 2 aromatic rings.